The standard InChI is InChI=1S/Bi.3O.W.3H. The van der Waals surface area contributed by atoms with Crippen molar-refractivity contribution in [3.05, 3.63) is 0 Å². The average Bonchev–Trinajstić information content (AvgIpc) is 0.811. The molecule has 0 radical (unpaired) electrons. The molecular weight excluding hydrogens is 441 g/mol. The van der Waals surface area contributed by atoms with E-state index in [2.05, 4.69) is 0 Å². The molecule has 0 rings (SSSR count). The van der Waals surface area contributed by atoms with Crippen molar-refractivity contribution in [1.29, 1.82) is 0 Å². The first-order chi connectivity index (χ1) is 1.73. The Morgan fingerprint density at radius 2 is 1.00 bits per heavy atom. The first-order valence-corrected chi connectivity index (χ1v) is 4.09. The van der Waals surface area contributed by atoms with Gasteiger partial charge in [0.05, 0.1) is 0 Å². The van der Waals surface area contributed by atoms with Gasteiger partial charge in [-0.1, -0.05) is 0 Å². The molecular formula is H3BiO3W. The van der Waals surface area contributed by atoms with Crippen LogP contribution in [0.1, 0.15) is 0 Å². The number of hydrogen-bond donors (Lipinski definition) is 0. The summed E-state index contributed by atoms with van der Waals surface area (Å²) in [4.78, 5) is 0. The van der Waals surface area contributed by atoms with Gasteiger partial charge in [-0.3, -0.25) is 0 Å². The van der Waals surface area contributed by atoms with Gasteiger partial charge in [-0.15, -0.1) is 0 Å². The zero-order chi connectivity index (χ0) is 3.58. The van der Waals surface area contributed by atoms with Crippen molar-refractivity contribution < 1.29 is 27.4 Å². The molecule has 5 heavy (non-hydrogen) atoms. The Labute approximate surface area is 53.3 Å². The molecule has 0 fully saturated rings. The predicted molar refractivity (Wildman–Crippen MR) is 12.0 cm³/mol. The zero-order valence-electron chi connectivity index (χ0n) is 2.34. The molecule has 0 heterocycles. The third-order valence-electron chi connectivity index (χ3n) is 0. The molecule has 5 heteroatoms. The fraction of sp³-hybridized carbons (Fsp3) is 0. The van der Waals surface area contributed by atoms with Crippen molar-refractivity contribution in [3.63, 3.8) is 0 Å². The second kappa shape index (κ2) is 4.97. The van der Waals surface area contributed by atoms with E-state index >= 15 is 0 Å². The third-order valence-corrected chi connectivity index (χ3v) is 0. The van der Waals surface area contributed by atoms with E-state index in [-0.39, 0.29) is 26.2 Å². The summed E-state index contributed by atoms with van der Waals surface area (Å²) in [6.45, 7) is 0. The SMILES string of the molecule is [BiH3].[O]=[W](=[O])=[O]. The van der Waals surface area contributed by atoms with Crippen LogP contribution < -0.4 is 0 Å². The summed E-state index contributed by atoms with van der Waals surface area (Å²) in [6.07, 6.45) is 0. The monoisotopic (exact) mass is 444 g/mol. The van der Waals surface area contributed by atoms with Crippen molar-refractivity contribution in [2.45, 2.75) is 0 Å². The summed E-state index contributed by atoms with van der Waals surface area (Å²) in [5.41, 5.74) is 0. The minimum absolute atomic E-state index is 0. The van der Waals surface area contributed by atoms with Crippen LogP contribution in [-0.2, 0) is 27.4 Å². The van der Waals surface area contributed by atoms with Crippen LogP contribution in [0.5, 0.6) is 0 Å². The maximum atomic E-state index is 8.61. The van der Waals surface area contributed by atoms with Crippen LogP contribution in [0.3, 0.4) is 0 Å². The molecule has 0 saturated heterocycles. The zero-order valence-corrected chi connectivity index (χ0v) is 10.8. The summed E-state index contributed by atoms with van der Waals surface area (Å²) >= 11 is -4.28. The van der Waals surface area contributed by atoms with Crippen LogP contribution >= 0.6 is 0 Å². The Morgan fingerprint density at radius 3 is 1.00 bits per heavy atom. The Kier molecular flexibility index (Phi) is 9.30. The van der Waals surface area contributed by atoms with Gasteiger partial charge in [0.25, 0.3) is 0 Å². The molecule has 0 amide bonds. The van der Waals surface area contributed by atoms with Gasteiger partial charge in [0, 0.05) is 0 Å². The van der Waals surface area contributed by atoms with Gasteiger partial charge in [-0.2, -0.15) is 0 Å². The second-order valence-corrected chi connectivity index (χ2v) is 1.67. The third kappa shape index (κ3) is 46.5. The molecule has 0 aliphatic heterocycles. The molecule has 0 aromatic carbocycles. The van der Waals surface area contributed by atoms with Crippen LogP contribution in [0.15, 0.2) is 0 Å². The van der Waals surface area contributed by atoms with Crippen LogP contribution in [0.2, 0.25) is 0 Å². The van der Waals surface area contributed by atoms with E-state index in [9.17, 15) is 0 Å². The molecule has 0 aliphatic carbocycles. The van der Waals surface area contributed by atoms with Crippen molar-refractivity contribution in [3.8, 4) is 0 Å². The molecule has 3 nitrogen and oxygen atoms in total. The molecule has 0 unspecified atom stereocenters. The quantitative estimate of drug-likeness (QED) is 0.426. The molecule has 0 atom stereocenters. The van der Waals surface area contributed by atoms with Crippen molar-refractivity contribution >= 4 is 26.2 Å². The number of hydrogen-bond acceptors (Lipinski definition) is 3. The van der Waals surface area contributed by atoms with E-state index in [0.717, 1.165) is 0 Å². The van der Waals surface area contributed by atoms with E-state index in [1.54, 1.807) is 0 Å². The molecule has 0 spiro atoms. The van der Waals surface area contributed by atoms with Gasteiger partial charge >= 0.3 is 53.6 Å². The van der Waals surface area contributed by atoms with Gasteiger partial charge in [0.2, 0.25) is 0 Å². The molecule has 0 N–H and O–H groups in total. The van der Waals surface area contributed by atoms with Gasteiger partial charge in [0.1, 0.15) is 0 Å². The summed E-state index contributed by atoms with van der Waals surface area (Å²) in [7, 11) is 0. The van der Waals surface area contributed by atoms with Crippen molar-refractivity contribution in [2.24, 2.45) is 0 Å². The summed E-state index contributed by atoms with van der Waals surface area (Å²) < 4.78 is 25.8. The van der Waals surface area contributed by atoms with E-state index in [1.165, 1.54) is 0 Å². The molecule has 0 aliphatic rings. The molecule has 0 aromatic heterocycles. The first-order valence-electron chi connectivity index (χ1n) is 0.500. The molecule has 0 saturated carbocycles. The Morgan fingerprint density at radius 1 is 1.00 bits per heavy atom. The molecule has 32 valence electrons. The summed E-state index contributed by atoms with van der Waals surface area (Å²) in [5.74, 6) is 0. The summed E-state index contributed by atoms with van der Waals surface area (Å²) in [6, 6.07) is 0. The normalized spacial score (nSPS) is 4.80. The van der Waals surface area contributed by atoms with Crippen molar-refractivity contribution in [1.82, 2.24) is 0 Å². The van der Waals surface area contributed by atoms with E-state index < -0.39 is 17.2 Å². The van der Waals surface area contributed by atoms with Gasteiger partial charge in [-0.25, -0.2) is 0 Å². The van der Waals surface area contributed by atoms with Gasteiger partial charge in [0.15, 0.2) is 0 Å². The van der Waals surface area contributed by atoms with E-state index in [4.69, 9.17) is 10.2 Å². The fourth-order valence-electron chi connectivity index (χ4n) is 0. The topological polar surface area (TPSA) is 51.2 Å². The van der Waals surface area contributed by atoms with Crippen LogP contribution in [-0.4, -0.2) is 26.2 Å². The fourth-order valence-corrected chi connectivity index (χ4v) is 0. The van der Waals surface area contributed by atoms with Crippen LogP contribution in [0, 0.1) is 0 Å². The maximum absolute atomic E-state index is 8.61. The first kappa shape index (κ1) is 9.36. The minimum atomic E-state index is -4.28. The Hall–Kier alpha value is 0.971. The molecule has 0 aromatic rings. The number of rotatable bonds is 0. The Balaban J connectivity index is 0. The van der Waals surface area contributed by atoms with E-state index in [1.807, 2.05) is 0 Å². The molecule has 0 bridgehead atoms. The van der Waals surface area contributed by atoms with Crippen LogP contribution in [0.4, 0.5) is 0 Å². The van der Waals surface area contributed by atoms with Crippen molar-refractivity contribution in [2.75, 3.05) is 0 Å². The second-order valence-electron chi connectivity index (χ2n) is 0.204. The average molecular weight is 444 g/mol. The van der Waals surface area contributed by atoms with Gasteiger partial charge < -0.3 is 0 Å². The van der Waals surface area contributed by atoms with Gasteiger partial charge in [-0.05, 0) is 0 Å². The van der Waals surface area contributed by atoms with E-state index in [0.29, 0.717) is 0 Å². The van der Waals surface area contributed by atoms with Crippen LogP contribution in [0.25, 0.3) is 0 Å². The Bertz CT molecular complexity index is 76.3. The summed E-state index contributed by atoms with van der Waals surface area (Å²) in [5, 5.41) is 0. The predicted octanol–water partition coefficient (Wildman–Crippen LogP) is -1.54.